The van der Waals surface area contributed by atoms with Gasteiger partial charge in [-0.15, -0.1) is 0 Å². The molecule has 0 fully saturated rings. The normalized spacial score (nSPS) is 12.4. The monoisotopic (exact) mass is 237 g/mol. The van der Waals surface area contributed by atoms with Crippen LogP contribution in [-0.4, -0.2) is 14.2 Å². The summed E-state index contributed by atoms with van der Waals surface area (Å²) in [6.07, 6.45) is 4.57. The molecule has 1 rings (SSSR count). The van der Waals surface area contributed by atoms with E-state index >= 15 is 0 Å². The molecule has 0 heterocycles. The second kappa shape index (κ2) is 5.85. The average molecular weight is 237 g/mol. The topological polar surface area (TPSA) is 34.1 Å². The van der Waals surface area contributed by atoms with Gasteiger partial charge in [0.25, 0.3) is 0 Å². The van der Waals surface area contributed by atoms with Crippen molar-refractivity contribution in [1.82, 2.24) is 0 Å². The fourth-order valence-corrected chi connectivity index (χ4v) is 2.37. The molecule has 0 aromatic heterocycles. The molecule has 0 aliphatic carbocycles. The first kappa shape index (κ1) is 13.0. The third-order valence-corrected chi connectivity index (χ3v) is 3.76. The Bertz CT molecular complexity index is 430. The third kappa shape index (κ3) is 4.19. The lowest BCUT2D eigenvalue weighted by molar-refractivity contribution is 0.598. The molecule has 1 aromatic carbocycles. The van der Waals surface area contributed by atoms with Gasteiger partial charge in [-0.25, -0.2) is 8.42 Å². The van der Waals surface area contributed by atoms with Crippen LogP contribution < -0.4 is 0 Å². The SMILES string of the molecule is CC(C)CC=CCS(=O)(=O)c1cc[c]cc1. The van der Waals surface area contributed by atoms with Gasteiger partial charge in [0.2, 0.25) is 0 Å². The first-order valence-electron chi connectivity index (χ1n) is 5.36. The van der Waals surface area contributed by atoms with Crippen molar-refractivity contribution >= 4 is 9.84 Å². The Morgan fingerprint density at radius 3 is 2.44 bits per heavy atom. The van der Waals surface area contributed by atoms with Gasteiger partial charge in [0.15, 0.2) is 9.84 Å². The molecule has 0 N–H and O–H groups in total. The highest BCUT2D eigenvalue weighted by atomic mass is 32.2. The van der Waals surface area contributed by atoms with Gasteiger partial charge in [0.1, 0.15) is 0 Å². The smallest absolute Gasteiger partial charge is 0.181 e. The molecule has 0 aliphatic heterocycles. The van der Waals surface area contributed by atoms with Crippen molar-refractivity contribution < 1.29 is 8.42 Å². The fraction of sp³-hybridized carbons (Fsp3) is 0.385. The molecule has 0 amide bonds. The van der Waals surface area contributed by atoms with Crippen LogP contribution in [0.3, 0.4) is 0 Å². The molecule has 0 unspecified atom stereocenters. The van der Waals surface area contributed by atoms with Crippen LogP contribution in [0, 0.1) is 12.0 Å². The molecular formula is C13H17O2S. The largest absolute Gasteiger partial charge is 0.223 e. The number of sulfone groups is 1. The van der Waals surface area contributed by atoms with Crippen LogP contribution in [-0.2, 0) is 9.84 Å². The van der Waals surface area contributed by atoms with E-state index in [2.05, 4.69) is 19.9 Å². The molecule has 0 bridgehead atoms. The number of rotatable bonds is 5. The quantitative estimate of drug-likeness (QED) is 0.738. The highest BCUT2D eigenvalue weighted by Crippen LogP contribution is 2.10. The van der Waals surface area contributed by atoms with Crippen molar-refractivity contribution in [3.63, 3.8) is 0 Å². The number of hydrogen-bond donors (Lipinski definition) is 0. The highest BCUT2D eigenvalue weighted by molar-refractivity contribution is 7.91. The second-order valence-corrected chi connectivity index (χ2v) is 6.15. The van der Waals surface area contributed by atoms with Gasteiger partial charge in [-0.3, -0.25) is 0 Å². The summed E-state index contributed by atoms with van der Waals surface area (Å²) in [5, 5.41) is 0. The molecule has 87 valence electrons. The first-order chi connectivity index (χ1) is 7.52. The van der Waals surface area contributed by atoms with E-state index in [1.165, 1.54) is 0 Å². The van der Waals surface area contributed by atoms with Crippen LogP contribution in [0.2, 0.25) is 0 Å². The predicted octanol–water partition coefficient (Wildman–Crippen LogP) is 2.86. The Kier molecular flexibility index (Phi) is 4.74. The Morgan fingerprint density at radius 1 is 1.25 bits per heavy atom. The summed E-state index contributed by atoms with van der Waals surface area (Å²) < 4.78 is 23.6. The van der Waals surface area contributed by atoms with Crippen molar-refractivity contribution in [3.05, 3.63) is 42.5 Å². The van der Waals surface area contributed by atoms with Gasteiger partial charge in [0, 0.05) is 0 Å². The number of benzene rings is 1. The maximum Gasteiger partial charge on any atom is 0.181 e. The molecule has 1 radical (unpaired) electrons. The lowest BCUT2D eigenvalue weighted by Crippen LogP contribution is -2.04. The molecule has 2 nitrogen and oxygen atoms in total. The van der Waals surface area contributed by atoms with Crippen LogP contribution in [0.5, 0.6) is 0 Å². The molecule has 0 atom stereocenters. The van der Waals surface area contributed by atoms with Gasteiger partial charge in [0.05, 0.1) is 10.6 Å². The summed E-state index contributed by atoms with van der Waals surface area (Å²) in [5.41, 5.74) is 0. The van der Waals surface area contributed by atoms with E-state index in [4.69, 9.17) is 0 Å². The van der Waals surface area contributed by atoms with Crippen molar-refractivity contribution in [2.24, 2.45) is 5.92 Å². The maximum atomic E-state index is 11.8. The zero-order valence-electron chi connectivity index (χ0n) is 9.68. The predicted molar refractivity (Wildman–Crippen MR) is 65.9 cm³/mol. The van der Waals surface area contributed by atoms with Gasteiger partial charge < -0.3 is 0 Å². The van der Waals surface area contributed by atoms with E-state index in [9.17, 15) is 8.42 Å². The van der Waals surface area contributed by atoms with Gasteiger partial charge >= 0.3 is 0 Å². The second-order valence-electron chi connectivity index (χ2n) is 4.12. The van der Waals surface area contributed by atoms with Gasteiger partial charge in [-0.2, -0.15) is 0 Å². The van der Waals surface area contributed by atoms with E-state index in [-0.39, 0.29) is 5.75 Å². The zero-order chi connectivity index (χ0) is 12.0. The molecule has 1 aromatic rings. The fourth-order valence-electron chi connectivity index (χ4n) is 1.24. The minimum Gasteiger partial charge on any atom is -0.223 e. The van der Waals surface area contributed by atoms with E-state index < -0.39 is 9.84 Å². The Balaban J connectivity index is 2.64. The van der Waals surface area contributed by atoms with E-state index in [0.29, 0.717) is 10.8 Å². The van der Waals surface area contributed by atoms with Crippen molar-refractivity contribution in [2.75, 3.05) is 5.75 Å². The van der Waals surface area contributed by atoms with Gasteiger partial charge in [-0.05, 0) is 30.5 Å². The first-order valence-corrected chi connectivity index (χ1v) is 7.01. The average Bonchev–Trinajstić information content (AvgIpc) is 2.26. The lowest BCUT2D eigenvalue weighted by atomic mass is 10.1. The Labute approximate surface area is 97.9 Å². The van der Waals surface area contributed by atoms with Gasteiger partial charge in [-0.1, -0.05) is 38.1 Å². The summed E-state index contributed by atoms with van der Waals surface area (Å²) in [6, 6.07) is 9.19. The van der Waals surface area contributed by atoms with Crippen LogP contribution >= 0.6 is 0 Å². The molecule has 0 saturated heterocycles. The van der Waals surface area contributed by atoms with E-state index in [1.54, 1.807) is 30.3 Å². The van der Waals surface area contributed by atoms with E-state index in [0.717, 1.165) is 6.42 Å². The van der Waals surface area contributed by atoms with E-state index in [1.807, 2.05) is 6.08 Å². The molecule has 0 saturated carbocycles. The maximum absolute atomic E-state index is 11.8. The number of allylic oxidation sites excluding steroid dienone is 1. The summed E-state index contributed by atoms with van der Waals surface area (Å²) >= 11 is 0. The molecule has 0 aliphatic rings. The minimum absolute atomic E-state index is 0.0731. The molecular weight excluding hydrogens is 220 g/mol. The summed E-state index contributed by atoms with van der Waals surface area (Å²) in [7, 11) is -3.17. The summed E-state index contributed by atoms with van der Waals surface area (Å²) in [5.74, 6) is 0.634. The van der Waals surface area contributed by atoms with Crippen molar-refractivity contribution in [3.8, 4) is 0 Å². The number of hydrogen-bond acceptors (Lipinski definition) is 2. The lowest BCUT2D eigenvalue weighted by Gasteiger charge is -2.01. The Morgan fingerprint density at radius 2 is 1.88 bits per heavy atom. The van der Waals surface area contributed by atoms with Crippen LogP contribution in [0.4, 0.5) is 0 Å². The standard InChI is InChI=1S/C13H17O2S/c1-12(2)8-6-7-11-16(14,15)13-9-4-3-5-10-13/h4-7,9-10,12H,8,11H2,1-2H3. The molecule has 3 heteroatoms. The Hall–Kier alpha value is -1.09. The van der Waals surface area contributed by atoms with Crippen molar-refractivity contribution in [1.29, 1.82) is 0 Å². The summed E-state index contributed by atoms with van der Waals surface area (Å²) in [6.45, 7) is 4.21. The van der Waals surface area contributed by atoms with Crippen LogP contribution in [0.25, 0.3) is 0 Å². The zero-order valence-corrected chi connectivity index (χ0v) is 10.5. The third-order valence-electron chi connectivity index (χ3n) is 2.14. The summed E-state index contributed by atoms with van der Waals surface area (Å²) in [4.78, 5) is 0.362. The van der Waals surface area contributed by atoms with Crippen molar-refractivity contribution in [2.45, 2.75) is 25.2 Å². The van der Waals surface area contributed by atoms with Crippen LogP contribution in [0.1, 0.15) is 20.3 Å². The molecule has 16 heavy (non-hydrogen) atoms. The highest BCUT2D eigenvalue weighted by Gasteiger charge is 2.10. The molecule has 0 spiro atoms. The van der Waals surface area contributed by atoms with Crippen LogP contribution in [0.15, 0.2) is 41.3 Å². The minimum atomic E-state index is -3.17.